The summed E-state index contributed by atoms with van der Waals surface area (Å²) < 4.78 is 5.55. The maximum atomic E-state index is 12.0. The predicted molar refractivity (Wildman–Crippen MR) is 109 cm³/mol. The Labute approximate surface area is 172 Å². The van der Waals surface area contributed by atoms with Gasteiger partial charge in [0.25, 0.3) is 5.56 Å². The molecule has 1 saturated heterocycles. The average Bonchev–Trinajstić information content (AvgIpc) is 2.73. The number of hydrogen-bond acceptors (Lipinski definition) is 7. The van der Waals surface area contributed by atoms with Crippen molar-refractivity contribution >= 4 is 35.0 Å². The second-order valence-electron chi connectivity index (χ2n) is 6.49. The van der Waals surface area contributed by atoms with E-state index in [4.69, 9.17) is 11.6 Å². The van der Waals surface area contributed by atoms with Crippen LogP contribution >= 0.6 is 11.6 Å². The Morgan fingerprint density at radius 2 is 1.86 bits per heavy atom. The minimum Gasteiger partial charge on any atom is -0.468 e. The largest absolute Gasteiger partial charge is 0.468 e. The molecule has 1 fully saturated rings. The van der Waals surface area contributed by atoms with Crippen LogP contribution in [0.1, 0.15) is 0 Å². The quantitative estimate of drug-likeness (QED) is 0.681. The van der Waals surface area contributed by atoms with Crippen molar-refractivity contribution in [3.8, 4) is 0 Å². The molecule has 9 nitrogen and oxygen atoms in total. The van der Waals surface area contributed by atoms with E-state index in [1.54, 1.807) is 6.07 Å². The van der Waals surface area contributed by atoms with Crippen molar-refractivity contribution in [2.45, 2.75) is 6.54 Å². The lowest BCUT2D eigenvalue weighted by molar-refractivity contribution is -0.141. The van der Waals surface area contributed by atoms with Gasteiger partial charge in [0.2, 0.25) is 5.91 Å². The standard InChI is InChI=1S/C19H22ClN5O4/c1-29-19(28)12-21-17(26)13-25-18(27)6-5-16(22-25)24-9-7-23(8-10-24)15-4-2-3-14(20)11-15/h2-6,11H,7-10,12-13H2,1H3,(H,21,26). The third kappa shape index (κ3) is 5.47. The summed E-state index contributed by atoms with van der Waals surface area (Å²) in [5.74, 6) is -0.436. The van der Waals surface area contributed by atoms with Crippen molar-refractivity contribution < 1.29 is 14.3 Å². The summed E-state index contributed by atoms with van der Waals surface area (Å²) in [4.78, 5) is 39.4. The van der Waals surface area contributed by atoms with Gasteiger partial charge in [0.1, 0.15) is 18.9 Å². The second-order valence-corrected chi connectivity index (χ2v) is 6.93. The monoisotopic (exact) mass is 419 g/mol. The van der Waals surface area contributed by atoms with Gasteiger partial charge < -0.3 is 19.9 Å². The predicted octanol–water partition coefficient (Wildman–Crippen LogP) is 0.512. The van der Waals surface area contributed by atoms with Gasteiger partial charge in [0.15, 0.2) is 0 Å². The summed E-state index contributed by atoms with van der Waals surface area (Å²) in [5, 5.41) is 7.40. The van der Waals surface area contributed by atoms with Gasteiger partial charge >= 0.3 is 5.97 Å². The van der Waals surface area contributed by atoms with E-state index in [-0.39, 0.29) is 18.6 Å². The Morgan fingerprint density at radius 3 is 2.55 bits per heavy atom. The Hall–Kier alpha value is -3.07. The number of nitrogens with zero attached hydrogens (tertiary/aromatic N) is 4. The molecule has 3 rings (SSSR count). The van der Waals surface area contributed by atoms with Gasteiger partial charge in [-0.25, -0.2) is 4.68 Å². The lowest BCUT2D eigenvalue weighted by atomic mass is 10.2. The molecule has 0 atom stereocenters. The number of rotatable bonds is 6. The summed E-state index contributed by atoms with van der Waals surface area (Å²) in [7, 11) is 1.23. The molecule has 0 saturated carbocycles. The van der Waals surface area contributed by atoms with E-state index in [1.807, 2.05) is 24.3 Å². The van der Waals surface area contributed by atoms with Gasteiger partial charge in [-0.15, -0.1) is 0 Å². The molecule has 1 amide bonds. The van der Waals surface area contributed by atoms with Crippen LogP contribution in [-0.2, 0) is 20.9 Å². The van der Waals surface area contributed by atoms with Gasteiger partial charge in [-0.3, -0.25) is 14.4 Å². The normalized spacial score (nSPS) is 13.9. The summed E-state index contributed by atoms with van der Waals surface area (Å²) in [6.45, 7) is 2.46. The number of nitrogens with one attached hydrogen (secondary N) is 1. The molecule has 0 unspecified atom stereocenters. The fraction of sp³-hybridized carbons (Fsp3) is 0.368. The third-order valence-electron chi connectivity index (χ3n) is 4.58. The Balaban J connectivity index is 1.62. The number of hydrogen-bond donors (Lipinski definition) is 1. The third-order valence-corrected chi connectivity index (χ3v) is 4.82. The van der Waals surface area contributed by atoms with E-state index < -0.39 is 11.9 Å². The number of amides is 1. The van der Waals surface area contributed by atoms with Crippen molar-refractivity contribution in [3.63, 3.8) is 0 Å². The number of anilines is 2. The molecule has 1 aliphatic rings. The van der Waals surface area contributed by atoms with Crippen LogP contribution in [0.5, 0.6) is 0 Å². The molecule has 0 bridgehead atoms. The Kier molecular flexibility index (Phi) is 6.71. The number of halogens is 1. The molecule has 1 aromatic carbocycles. The Bertz CT molecular complexity index is 940. The summed E-state index contributed by atoms with van der Waals surface area (Å²) in [6, 6.07) is 10.8. The number of esters is 1. The molecular formula is C19H22ClN5O4. The van der Waals surface area contributed by atoms with Crippen LogP contribution in [0.2, 0.25) is 5.02 Å². The zero-order chi connectivity index (χ0) is 20.8. The highest BCUT2D eigenvalue weighted by Gasteiger charge is 2.19. The molecule has 1 N–H and O–H groups in total. The first-order chi connectivity index (χ1) is 14.0. The summed E-state index contributed by atoms with van der Waals surface area (Å²) in [5.41, 5.74) is 0.678. The number of carbonyl (C=O) groups excluding carboxylic acids is 2. The van der Waals surface area contributed by atoms with Crippen LogP contribution in [-0.4, -0.2) is 61.5 Å². The smallest absolute Gasteiger partial charge is 0.325 e. The lowest BCUT2D eigenvalue weighted by Crippen LogP contribution is -2.47. The fourth-order valence-electron chi connectivity index (χ4n) is 3.02. The van der Waals surface area contributed by atoms with E-state index in [9.17, 15) is 14.4 Å². The minimum absolute atomic E-state index is 0.255. The first kappa shape index (κ1) is 20.7. The second kappa shape index (κ2) is 9.42. The maximum absolute atomic E-state index is 12.0. The lowest BCUT2D eigenvalue weighted by Gasteiger charge is -2.36. The highest BCUT2D eigenvalue weighted by atomic mass is 35.5. The highest BCUT2D eigenvalue weighted by molar-refractivity contribution is 6.30. The number of aromatic nitrogens is 2. The van der Waals surface area contributed by atoms with Crippen LogP contribution < -0.4 is 20.7 Å². The van der Waals surface area contributed by atoms with Gasteiger partial charge in [0, 0.05) is 43.0 Å². The summed E-state index contributed by atoms with van der Waals surface area (Å²) in [6.07, 6.45) is 0. The Morgan fingerprint density at radius 1 is 1.14 bits per heavy atom. The molecule has 0 radical (unpaired) electrons. The van der Waals surface area contributed by atoms with Crippen molar-refractivity contribution in [1.82, 2.24) is 15.1 Å². The van der Waals surface area contributed by atoms with Crippen LogP contribution in [0.3, 0.4) is 0 Å². The van der Waals surface area contributed by atoms with Gasteiger partial charge in [-0.1, -0.05) is 17.7 Å². The fourth-order valence-corrected chi connectivity index (χ4v) is 3.21. The highest BCUT2D eigenvalue weighted by Crippen LogP contribution is 2.22. The first-order valence-corrected chi connectivity index (χ1v) is 9.51. The van der Waals surface area contributed by atoms with Crippen LogP contribution in [0, 0.1) is 0 Å². The van der Waals surface area contributed by atoms with Gasteiger partial charge in [-0.2, -0.15) is 5.10 Å². The molecule has 2 aromatic rings. The van der Waals surface area contributed by atoms with E-state index in [0.717, 1.165) is 23.5 Å². The zero-order valence-corrected chi connectivity index (χ0v) is 16.8. The van der Waals surface area contributed by atoms with Crippen molar-refractivity contribution in [2.24, 2.45) is 0 Å². The molecule has 10 heteroatoms. The summed E-state index contributed by atoms with van der Waals surface area (Å²) >= 11 is 6.07. The molecule has 1 aliphatic heterocycles. The number of ether oxygens (including phenoxy) is 1. The molecule has 0 spiro atoms. The van der Waals surface area contributed by atoms with Crippen molar-refractivity contribution in [3.05, 3.63) is 51.8 Å². The first-order valence-electron chi connectivity index (χ1n) is 9.13. The van der Waals surface area contributed by atoms with Crippen molar-refractivity contribution in [2.75, 3.05) is 49.6 Å². The zero-order valence-electron chi connectivity index (χ0n) is 16.0. The molecular weight excluding hydrogens is 398 g/mol. The van der Waals surface area contributed by atoms with E-state index in [2.05, 4.69) is 25.0 Å². The average molecular weight is 420 g/mol. The number of carbonyl (C=O) groups is 2. The van der Waals surface area contributed by atoms with Gasteiger partial charge in [-0.05, 0) is 24.3 Å². The van der Waals surface area contributed by atoms with Crippen molar-refractivity contribution in [1.29, 1.82) is 0 Å². The number of piperazine rings is 1. The number of methoxy groups -OCH3 is 1. The molecule has 29 heavy (non-hydrogen) atoms. The molecule has 154 valence electrons. The van der Waals surface area contributed by atoms with E-state index in [1.165, 1.54) is 13.2 Å². The molecule has 0 aliphatic carbocycles. The van der Waals surface area contributed by atoms with E-state index in [0.29, 0.717) is 23.9 Å². The van der Waals surface area contributed by atoms with Crippen LogP contribution in [0.25, 0.3) is 0 Å². The molecule has 2 heterocycles. The van der Waals surface area contributed by atoms with E-state index >= 15 is 0 Å². The van der Waals surface area contributed by atoms with Crippen LogP contribution in [0.4, 0.5) is 11.5 Å². The SMILES string of the molecule is COC(=O)CNC(=O)Cn1nc(N2CCN(c3cccc(Cl)c3)CC2)ccc1=O. The molecule has 1 aromatic heterocycles. The number of benzene rings is 1. The maximum Gasteiger partial charge on any atom is 0.325 e. The topological polar surface area (TPSA) is 96.8 Å². The minimum atomic E-state index is -0.565. The van der Waals surface area contributed by atoms with Gasteiger partial charge in [0.05, 0.1) is 7.11 Å². The van der Waals surface area contributed by atoms with Crippen LogP contribution in [0.15, 0.2) is 41.2 Å².